The number of fused-ring (bicyclic) bond motifs is 1. The van der Waals surface area contributed by atoms with Crippen molar-refractivity contribution in [1.29, 1.82) is 0 Å². The Kier molecular flexibility index (Phi) is 1.70. The molecule has 1 aromatic rings. The molecule has 0 spiro atoms. The van der Waals surface area contributed by atoms with E-state index in [1.807, 2.05) is 18.3 Å². The molecule has 1 aromatic heterocycles. The van der Waals surface area contributed by atoms with Crippen molar-refractivity contribution in [3.05, 3.63) is 30.1 Å². The zero-order valence-corrected chi connectivity index (χ0v) is 7.98. The molecule has 0 unspecified atom stereocenters. The molecular weight excluding hydrogens is 196 g/mol. The summed E-state index contributed by atoms with van der Waals surface area (Å²) in [6.07, 6.45) is 5.32. The highest BCUT2D eigenvalue weighted by Crippen LogP contribution is 2.27. The predicted octanol–water partition coefficient (Wildman–Crippen LogP) is 1.34. The zero-order chi connectivity index (χ0) is 9.38. The largest absolute Gasteiger partial charge is 0.264 e. The molecule has 1 atom stereocenters. The lowest BCUT2D eigenvalue weighted by Crippen LogP contribution is -2.06. The van der Waals surface area contributed by atoms with Crippen LogP contribution in [0.3, 0.4) is 0 Å². The molecule has 0 bridgehead atoms. The van der Waals surface area contributed by atoms with Gasteiger partial charge in [-0.2, -0.15) is 5.10 Å². The Labute approximate surface area is 84.9 Å². The van der Waals surface area contributed by atoms with Crippen LogP contribution in [0.5, 0.6) is 0 Å². The second-order valence-electron chi connectivity index (χ2n) is 2.93. The molecule has 3 heterocycles. The van der Waals surface area contributed by atoms with Gasteiger partial charge in [-0.3, -0.25) is 9.98 Å². The van der Waals surface area contributed by atoms with E-state index < -0.39 is 0 Å². The van der Waals surface area contributed by atoms with E-state index in [2.05, 4.69) is 20.2 Å². The molecule has 0 aromatic carbocycles. The maximum atomic E-state index is 4.48. The highest BCUT2D eigenvalue weighted by Gasteiger charge is 2.28. The van der Waals surface area contributed by atoms with Crippen molar-refractivity contribution < 1.29 is 0 Å². The van der Waals surface area contributed by atoms with Gasteiger partial charge >= 0.3 is 0 Å². The van der Waals surface area contributed by atoms with Gasteiger partial charge in [-0.05, 0) is 23.9 Å². The minimum absolute atomic E-state index is 0.0511. The fourth-order valence-electron chi connectivity index (χ4n) is 1.32. The van der Waals surface area contributed by atoms with E-state index in [0.29, 0.717) is 0 Å². The number of pyridine rings is 1. The van der Waals surface area contributed by atoms with Crippen LogP contribution in [0.2, 0.25) is 0 Å². The van der Waals surface area contributed by atoms with Gasteiger partial charge in [0.25, 0.3) is 0 Å². The summed E-state index contributed by atoms with van der Waals surface area (Å²) in [4.78, 5) is 8.54. The van der Waals surface area contributed by atoms with Gasteiger partial charge in [-0.15, -0.1) is 5.10 Å². The van der Waals surface area contributed by atoms with Crippen LogP contribution in [0.15, 0.2) is 39.7 Å². The van der Waals surface area contributed by atoms with E-state index in [9.17, 15) is 0 Å². The van der Waals surface area contributed by atoms with E-state index >= 15 is 0 Å². The van der Waals surface area contributed by atoms with Crippen LogP contribution >= 0.6 is 11.8 Å². The highest BCUT2D eigenvalue weighted by molar-refractivity contribution is 8.27. The van der Waals surface area contributed by atoms with E-state index in [0.717, 1.165) is 15.7 Å². The lowest BCUT2D eigenvalue weighted by atomic mass is 10.3. The third kappa shape index (κ3) is 1.17. The van der Waals surface area contributed by atoms with Crippen LogP contribution in [0.25, 0.3) is 0 Å². The Balaban J connectivity index is 1.96. The molecule has 2 aliphatic heterocycles. The van der Waals surface area contributed by atoms with Gasteiger partial charge < -0.3 is 0 Å². The van der Waals surface area contributed by atoms with Crippen LogP contribution in [0, 0.1) is 0 Å². The third-order valence-electron chi connectivity index (χ3n) is 1.98. The van der Waals surface area contributed by atoms with E-state index in [4.69, 9.17) is 0 Å². The summed E-state index contributed by atoms with van der Waals surface area (Å²) in [7, 11) is 0. The van der Waals surface area contributed by atoms with Crippen molar-refractivity contribution in [2.75, 3.05) is 0 Å². The first-order valence-corrected chi connectivity index (χ1v) is 5.02. The number of hydrogen-bond donors (Lipinski definition) is 0. The van der Waals surface area contributed by atoms with Crippen molar-refractivity contribution in [2.45, 2.75) is 6.04 Å². The van der Waals surface area contributed by atoms with Crippen molar-refractivity contribution in [1.82, 2.24) is 4.98 Å². The molecule has 3 rings (SSSR count). The normalized spacial score (nSPS) is 23.3. The summed E-state index contributed by atoms with van der Waals surface area (Å²) < 4.78 is 0. The molecule has 68 valence electrons. The Hall–Kier alpha value is -1.49. The Morgan fingerprint density at radius 3 is 3.14 bits per heavy atom. The van der Waals surface area contributed by atoms with E-state index in [-0.39, 0.29) is 6.04 Å². The average molecular weight is 202 g/mol. The second kappa shape index (κ2) is 3.02. The lowest BCUT2D eigenvalue weighted by molar-refractivity contribution is 1.21. The first-order chi connectivity index (χ1) is 6.93. The highest BCUT2D eigenvalue weighted by atomic mass is 32.2. The summed E-state index contributed by atoms with van der Waals surface area (Å²) in [6, 6.07) is 3.95. The van der Waals surface area contributed by atoms with Crippen LogP contribution in [0.4, 0.5) is 0 Å². The standard InChI is InChI=1S/C9H6N4S/c1-2-6(4-10-3-1)8-12-7-5-11-13-9(7)14-8/h1-5,7H/t7-/m0/s1. The lowest BCUT2D eigenvalue weighted by Gasteiger charge is -1.96. The van der Waals surface area contributed by atoms with E-state index in [1.165, 1.54) is 0 Å². The SMILES string of the molecule is C1=NN=C2SC(c3cccnc3)=N[C@@H]12. The third-order valence-corrected chi connectivity index (χ3v) is 3.05. The van der Waals surface area contributed by atoms with Crippen molar-refractivity contribution in [2.24, 2.45) is 15.2 Å². The molecule has 4 nitrogen and oxygen atoms in total. The zero-order valence-electron chi connectivity index (χ0n) is 7.16. The van der Waals surface area contributed by atoms with Gasteiger partial charge in [-0.25, -0.2) is 0 Å². The number of hydrogen-bond acceptors (Lipinski definition) is 5. The first kappa shape index (κ1) is 7.87. The van der Waals surface area contributed by atoms with Crippen LogP contribution in [0.1, 0.15) is 5.56 Å². The molecule has 0 saturated carbocycles. The van der Waals surface area contributed by atoms with Gasteiger partial charge in [0.05, 0.1) is 6.21 Å². The smallest absolute Gasteiger partial charge is 0.138 e. The Morgan fingerprint density at radius 1 is 1.36 bits per heavy atom. The molecular formula is C9H6N4S. The number of aliphatic imine (C=N–C) groups is 1. The maximum absolute atomic E-state index is 4.48. The van der Waals surface area contributed by atoms with Crippen molar-refractivity contribution in [3.63, 3.8) is 0 Å². The van der Waals surface area contributed by atoms with Crippen LogP contribution < -0.4 is 0 Å². The molecule has 2 aliphatic rings. The topological polar surface area (TPSA) is 50.0 Å². The van der Waals surface area contributed by atoms with Crippen LogP contribution in [-0.4, -0.2) is 27.3 Å². The van der Waals surface area contributed by atoms with Gasteiger partial charge in [0, 0.05) is 18.0 Å². The summed E-state index contributed by atoms with van der Waals surface area (Å²) in [5, 5.41) is 9.74. The second-order valence-corrected chi connectivity index (χ2v) is 3.93. The molecule has 14 heavy (non-hydrogen) atoms. The molecule has 0 fully saturated rings. The quantitative estimate of drug-likeness (QED) is 0.690. The Morgan fingerprint density at radius 2 is 2.36 bits per heavy atom. The minimum Gasteiger partial charge on any atom is -0.264 e. The number of rotatable bonds is 1. The van der Waals surface area contributed by atoms with Gasteiger partial charge in [0.1, 0.15) is 16.1 Å². The number of aromatic nitrogens is 1. The Bertz CT molecular complexity index is 449. The first-order valence-electron chi connectivity index (χ1n) is 4.20. The van der Waals surface area contributed by atoms with Crippen LogP contribution in [-0.2, 0) is 0 Å². The summed E-state index contributed by atoms with van der Waals surface area (Å²) in [5.74, 6) is 0. The molecule has 0 radical (unpaired) electrons. The number of thioether (sulfide) groups is 1. The van der Waals surface area contributed by atoms with Gasteiger partial charge in [0.15, 0.2) is 0 Å². The average Bonchev–Trinajstić information content (AvgIpc) is 2.78. The predicted molar refractivity (Wildman–Crippen MR) is 58.1 cm³/mol. The van der Waals surface area contributed by atoms with Crippen molar-refractivity contribution in [3.8, 4) is 0 Å². The fraction of sp³-hybridized carbons (Fsp3) is 0.111. The number of nitrogens with zero attached hydrogens (tertiary/aromatic N) is 4. The van der Waals surface area contributed by atoms with Crippen molar-refractivity contribution >= 4 is 28.1 Å². The van der Waals surface area contributed by atoms with Gasteiger partial charge in [0.2, 0.25) is 0 Å². The minimum atomic E-state index is 0.0511. The molecule has 5 heteroatoms. The summed E-state index contributed by atoms with van der Waals surface area (Å²) in [6.45, 7) is 0. The molecule has 0 saturated heterocycles. The fourth-order valence-corrected chi connectivity index (χ4v) is 2.25. The van der Waals surface area contributed by atoms with E-state index in [1.54, 1.807) is 24.2 Å². The summed E-state index contributed by atoms with van der Waals surface area (Å²) >= 11 is 1.57. The molecule has 0 N–H and O–H groups in total. The summed E-state index contributed by atoms with van der Waals surface area (Å²) in [5.41, 5.74) is 1.04. The van der Waals surface area contributed by atoms with Gasteiger partial charge in [-0.1, -0.05) is 0 Å². The maximum Gasteiger partial charge on any atom is 0.138 e. The molecule has 0 aliphatic carbocycles. The molecule has 0 amide bonds. The monoisotopic (exact) mass is 202 g/mol.